The molecular weight excluding hydrogens is 278 g/mol. The van der Waals surface area contributed by atoms with Crippen molar-refractivity contribution in [2.75, 3.05) is 31.1 Å². The van der Waals surface area contributed by atoms with Crippen molar-refractivity contribution >= 4 is 11.7 Å². The maximum atomic E-state index is 11.7. The largest absolute Gasteiger partial charge is 0.396 e. The minimum Gasteiger partial charge on any atom is -0.396 e. The van der Waals surface area contributed by atoms with E-state index in [2.05, 4.69) is 39.8 Å². The minimum atomic E-state index is -0.169. The molecule has 1 heterocycles. The molecule has 1 aromatic rings. The SMILES string of the molecule is CC(CCO)CNC(=O)NCc1ccc(N2CC=CC2)cc1. The molecule has 5 heteroatoms. The molecule has 2 rings (SSSR count). The molecule has 1 atom stereocenters. The van der Waals surface area contributed by atoms with Gasteiger partial charge in [0, 0.05) is 38.5 Å². The van der Waals surface area contributed by atoms with Gasteiger partial charge in [0.15, 0.2) is 0 Å². The second kappa shape index (κ2) is 8.44. The Morgan fingerprint density at radius 1 is 1.23 bits per heavy atom. The number of aliphatic hydroxyl groups is 1. The highest BCUT2D eigenvalue weighted by molar-refractivity contribution is 5.73. The lowest BCUT2D eigenvalue weighted by Crippen LogP contribution is -2.37. The normalized spacial score (nSPS) is 14.9. The van der Waals surface area contributed by atoms with Crippen molar-refractivity contribution in [1.82, 2.24) is 10.6 Å². The highest BCUT2D eigenvalue weighted by Crippen LogP contribution is 2.17. The van der Waals surface area contributed by atoms with Gasteiger partial charge in [0.25, 0.3) is 0 Å². The van der Waals surface area contributed by atoms with Crippen LogP contribution in [0.2, 0.25) is 0 Å². The van der Waals surface area contributed by atoms with E-state index in [1.165, 1.54) is 5.69 Å². The molecule has 0 spiro atoms. The second-order valence-electron chi connectivity index (χ2n) is 5.72. The number of urea groups is 1. The van der Waals surface area contributed by atoms with Gasteiger partial charge in [0.2, 0.25) is 0 Å². The Bertz CT molecular complexity index is 491. The van der Waals surface area contributed by atoms with E-state index in [9.17, 15) is 4.79 Å². The van der Waals surface area contributed by atoms with Crippen LogP contribution in [0.25, 0.3) is 0 Å². The van der Waals surface area contributed by atoms with E-state index < -0.39 is 0 Å². The predicted molar refractivity (Wildman–Crippen MR) is 88.9 cm³/mol. The number of carbonyl (C=O) groups excluding carboxylic acids is 1. The summed E-state index contributed by atoms with van der Waals surface area (Å²) in [6.45, 7) is 5.18. The Morgan fingerprint density at radius 2 is 1.91 bits per heavy atom. The summed E-state index contributed by atoms with van der Waals surface area (Å²) >= 11 is 0. The highest BCUT2D eigenvalue weighted by Gasteiger charge is 2.08. The fourth-order valence-electron chi connectivity index (χ4n) is 2.35. The van der Waals surface area contributed by atoms with Crippen molar-refractivity contribution in [2.45, 2.75) is 19.9 Å². The molecule has 0 fully saturated rings. The van der Waals surface area contributed by atoms with E-state index in [0.29, 0.717) is 19.5 Å². The second-order valence-corrected chi connectivity index (χ2v) is 5.72. The minimum absolute atomic E-state index is 0.156. The lowest BCUT2D eigenvalue weighted by atomic mass is 10.1. The number of hydrogen-bond acceptors (Lipinski definition) is 3. The summed E-state index contributed by atoms with van der Waals surface area (Å²) in [6.07, 6.45) is 5.03. The summed E-state index contributed by atoms with van der Waals surface area (Å²) in [4.78, 5) is 14.0. The lowest BCUT2D eigenvalue weighted by Gasteiger charge is -2.18. The van der Waals surface area contributed by atoms with Crippen LogP contribution in [0.4, 0.5) is 10.5 Å². The van der Waals surface area contributed by atoms with E-state index in [0.717, 1.165) is 18.7 Å². The van der Waals surface area contributed by atoms with Crippen LogP contribution in [0, 0.1) is 5.92 Å². The molecule has 2 amide bonds. The standard InChI is InChI=1S/C17H25N3O2/c1-14(8-11-21)12-18-17(22)19-13-15-4-6-16(7-5-15)20-9-2-3-10-20/h2-7,14,21H,8-13H2,1H3,(H2,18,19,22). The zero-order valence-corrected chi connectivity index (χ0v) is 13.1. The Kier molecular flexibility index (Phi) is 6.27. The summed E-state index contributed by atoms with van der Waals surface area (Å²) < 4.78 is 0. The third kappa shape index (κ3) is 5.07. The fraction of sp³-hybridized carbons (Fsp3) is 0.471. The molecule has 120 valence electrons. The smallest absolute Gasteiger partial charge is 0.315 e. The third-order valence-electron chi connectivity index (χ3n) is 3.81. The van der Waals surface area contributed by atoms with Crippen molar-refractivity contribution < 1.29 is 9.90 Å². The van der Waals surface area contributed by atoms with Gasteiger partial charge in [-0.15, -0.1) is 0 Å². The number of aliphatic hydroxyl groups excluding tert-OH is 1. The molecule has 0 aromatic heterocycles. The molecule has 1 aromatic carbocycles. The first kappa shape index (κ1) is 16.4. The van der Waals surface area contributed by atoms with Crippen LogP contribution in [0.15, 0.2) is 36.4 Å². The van der Waals surface area contributed by atoms with Gasteiger partial charge in [0.05, 0.1) is 0 Å². The molecule has 1 aliphatic rings. The molecule has 3 N–H and O–H groups in total. The monoisotopic (exact) mass is 303 g/mol. The number of amides is 2. The summed E-state index contributed by atoms with van der Waals surface area (Å²) in [5.74, 6) is 0.282. The number of anilines is 1. The van der Waals surface area contributed by atoms with Gasteiger partial charge in [-0.1, -0.05) is 31.2 Å². The molecule has 5 nitrogen and oxygen atoms in total. The first-order valence-corrected chi connectivity index (χ1v) is 7.80. The number of nitrogens with zero attached hydrogens (tertiary/aromatic N) is 1. The van der Waals surface area contributed by atoms with Crippen molar-refractivity contribution in [3.8, 4) is 0 Å². The van der Waals surface area contributed by atoms with E-state index in [1.807, 2.05) is 19.1 Å². The molecule has 0 saturated heterocycles. The maximum Gasteiger partial charge on any atom is 0.315 e. The van der Waals surface area contributed by atoms with E-state index in [4.69, 9.17) is 5.11 Å². The molecule has 0 radical (unpaired) electrons. The Hall–Kier alpha value is -2.01. The number of carbonyl (C=O) groups is 1. The zero-order valence-electron chi connectivity index (χ0n) is 13.1. The first-order valence-electron chi connectivity index (χ1n) is 7.80. The van der Waals surface area contributed by atoms with Gasteiger partial charge >= 0.3 is 6.03 Å². The lowest BCUT2D eigenvalue weighted by molar-refractivity contribution is 0.233. The summed E-state index contributed by atoms with van der Waals surface area (Å²) in [5, 5.41) is 14.5. The van der Waals surface area contributed by atoms with E-state index >= 15 is 0 Å². The van der Waals surface area contributed by atoms with Crippen molar-refractivity contribution in [2.24, 2.45) is 5.92 Å². The number of rotatable bonds is 7. The molecule has 1 unspecified atom stereocenters. The first-order chi connectivity index (χ1) is 10.7. The van der Waals surface area contributed by atoms with Crippen LogP contribution in [-0.2, 0) is 6.54 Å². The number of benzene rings is 1. The zero-order chi connectivity index (χ0) is 15.8. The Morgan fingerprint density at radius 3 is 2.55 bits per heavy atom. The van der Waals surface area contributed by atoms with E-state index in [1.54, 1.807) is 0 Å². The van der Waals surface area contributed by atoms with Crippen LogP contribution in [0.1, 0.15) is 18.9 Å². The van der Waals surface area contributed by atoms with Crippen LogP contribution >= 0.6 is 0 Å². The number of nitrogens with one attached hydrogen (secondary N) is 2. The Labute approximate surface area is 132 Å². The third-order valence-corrected chi connectivity index (χ3v) is 3.81. The van der Waals surface area contributed by atoms with Gasteiger partial charge in [0.1, 0.15) is 0 Å². The fourth-order valence-corrected chi connectivity index (χ4v) is 2.35. The van der Waals surface area contributed by atoms with Crippen LogP contribution in [-0.4, -0.2) is 37.4 Å². The van der Waals surface area contributed by atoms with Gasteiger partial charge in [-0.2, -0.15) is 0 Å². The van der Waals surface area contributed by atoms with Gasteiger partial charge in [-0.3, -0.25) is 0 Å². The van der Waals surface area contributed by atoms with E-state index in [-0.39, 0.29) is 18.6 Å². The highest BCUT2D eigenvalue weighted by atomic mass is 16.3. The Balaban J connectivity index is 1.71. The summed E-state index contributed by atoms with van der Waals surface area (Å²) in [7, 11) is 0. The average molecular weight is 303 g/mol. The van der Waals surface area contributed by atoms with Crippen LogP contribution < -0.4 is 15.5 Å². The van der Waals surface area contributed by atoms with Gasteiger partial charge in [-0.05, 0) is 30.0 Å². The van der Waals surface area contributed by atoms with Gasteiger partial charge in [-0.25, -0.2) is 4.79 Å². The average Bonchev–Trinajstić information content (AvgIpc) is 3.06. The molecule has 0 bridgehead atoms. The molecule has 0 aliphatic carbocycles. The van der Waals surface area contributed by atoms with Crippen LogP contribution in [0.5, 0.6) is 0 Å². The van der Waals surface area contributed by atoms with Gasteiger partial charge < -0.3 is 20.6 Å². The maximum absolute atomic E-state index is 11.7. The van der Waals surface area contributed by atoms with Crippen molar-refractivity contribution in [1.29, 1.82) is 0 Å². The molecule has 22 heavy (non-hydrogen) atoms. The summed E-state index contributed by atoms with van der Waals surface area (Å²) in [5.41, 5.74) is 2.28. The predicted octanol–water partition coefficient (Wildman–Crippen LogP) is 1.88. The molecular formula is C17H25N3O2. The molecule has 1 aliphatic heterocycles. The molecule has 0 saturated carbocycles. The number of hydrogen-bond donors (Lipinski definition) is 3. The van der Waals surface area contributed by atoms with Crippen molar-refractivity contribution in [3.63, 3.8) is 0 Å². The quantitative estimate of drug-likeness (QED) is 0.674. The summed E-state index contributed by atoms with van der Waals surface area (Å²) in [6, 6.07) is 8.10. The van der Waals surface area contributed by atoms with Crippen LogP contribution in [0.3, 0.4) is 0 Å². The van der Waals surface area contributed by atoms with Crippen molar-refractivity contribution in [3.05, 3.63) is 42.0 Å². The topological polar surface area (TPSA) is 64.6 Å².